The maximum Gasteiger partial charge on any atom is 0.394 e. The third-order valence-corrected chi connectivity index (χ3v) is 2.77. The van der Waals surface area contributed by atoms with Crippen molar-refractivity contribution in [1.29, 1.82) is 0 Å². The molecule has 2 rings (SSSR count). The molecule has 0 fully saturated rings. The van der Waals surface area contributed by atoms with E-state index in [0.717, 1.165) is 29.1 Å². The van der Waals surface area contributed by atoms with E-state index < -0.39 is 11.9 Å². The van der Waals surface area contributed by atoms with Gasteiger partial charge in [0.25, 0.3) is 0 Å². The van der Waals surface area contributed by atoms with E-state index in [1.807, 2.05) is 0 Å². The number of fused-ring (bicyclic) bond motifs is 1. The highest BCUT2D eigenvalue weighted by molar-refractivity contribution is 6.37. The number of likely N-dealkylation sites (N-methyl/N-ethyl adjacent to an activating group) is 1. The molecule has 90 valence electrons. The smallest absolute Gasteiger partial charge is 0.394 e. The molecule has 1 aliphatic rings. The van der Waals surface area contributed by atoms with Crippen molar-refractivity contribution in [2.45, 2.75) is 12.8 Å². The quantitative estimate of drug-likeness (QED) is 0.739. The SMILES string of the molecule is CN(C(=O)C(=O)O)c1ccc2c(c1)CCCO2. The Labute approximate surface area is 98.6 Å². The number of aliphatic carboxylic acids is 1. The number of benzene rings is 1. The molecule has 17 heavy (non-hydrogen) atoms. The highest BCUT2D eigenvalue weighted by atomic mass is 16.5. The number of rotatable bonds is 1. The molecule has 0 spiro atoms. The zero-order chi connectivity index (χ0) is 12.4. The lowest BCUT2D eigenvalue weighted by Gasteiger charge is -2.21. The Morgan fingerprint density at radius 3 is 2.88 bits per heavy atom. The summed E-state index contributed by atoms with van der Waals surface area (Å²) in [6, 6.07) is 5.26. The number of ether oxygens (including phenoxy) is 1. The molecule has 0 atom stereocenters. The van der Waals surface area contributed by atoms with Gasteiger partial charge >= 0.3 is 11.9 Å². The Morgan fingerprint density at radius 1 is 1.41 bits per heavy atom. The minimum atomic E-state index is -1.46. The average molecular weight is 235 g/mol. The molecule has 1 heterocycles. The Hall–Kier alpha value is -2.04. The number of carbonyl (C=O) groups is 2. The van der Waals surface area contributed by atoms with Crippen LogP contribution in [0, 0.1) is 0 Å². The number of carbonyl (C=O) groups excluding carboxylic acids is 1. The van der Waals surface area contributed by atoms with Crippen LogP contribution in [0.15, 0.2) is 18.2 Å². The second-order valence-electron chi connectivity index (χ2n) is 3.91. The fraction of sp³-hybridized carbons (Fsp3) is 0.333. The van der Waals surface area contributed by atoms with Gasteiger partial charge < -0.3 is 14.7 Å². The van der Waals surface area contributed by atoms with Crippen LogP contribution < -0.4 is 9.64 Å². The predicted octanol–water partition coefficient (Wildman–Crippen LogP) is 1.06. The highest BCUT2D eigenvalue weighted by Crippen LogP contribution is 2.28. The number of carboxylic acid groups (broad SMARTS) is 1. The first-order valence-corrected chi connectivity index (χ1v) is 5.36. The van der Waals surface area contributed by atoms with Crippen molar-refractivity contribution in [1.82, 2.24) is 0 Å². The van der Waals surface area contributed by atoms with E-state index in [4.69, 9.17) is 9.84 Å². The molecule has 0 aromatic heterocycles. The lowest BCUT2D eigenvalue weighted by molar-refractivity contribution is -0.148. The second kappa shape index (κ2) is 4.45. The van der Waals surface area contributed by atoms with Gasteiger partial charge in [0.05, 0.1) is 6.61 Å². The van der Waals surface area contributed by atoms with Crippen molar-refractivity contribution in [2.75, 3.05) is 18.6 Å². The molecule has 1 N–H and O–H groups in total. The summed E-state index contributed by atoms with van der Waals surface area (Å²) in [7, 11) is 1.45. The van der Waals surface area contributed by atoms with Crippen molar-refractivity contribution in [3.63, 3.8) is 0 Å². The van der Waals surface area contributed by atoms with Gasteiger partial charge in [0.15, 0.2) is 0 Å². The number of carboxylic acids is 1. The van der Waals surface area contributed by atoms with E-state index in [1.54, 1.807) is 18.2 Å². The van der Waals surface area contributed by atoms with Gasteiger partial charge in [-0.05, 0) is 36.6 Å². The minimum Gasteiger partial charge on any atom is -0.493 e. The summed E-state index contributed by atoms with van der Waals surface area (Å²) in [6.45, 7) is 0.705. The molecule has 1 aliphatic heterocycles. The summed E-state index contributed by atoms with van der Waals surface area (Å²) in [4.78, 5) is 23.0. The molecule has 0 radical (unpaired) electrons. The average Bonchev–Trinajstić information content (AvgIpc) is 2.36. The largest absolute Gasteiger partial charge is 0.493 e. The van der Waals surface area contributed by atoms with Gasteiger partial charge in [-0.1, -0.05) is 0 Å². The van der Waals surface area contributed by atoms with Gasteiger partial charge in [-0.15, -0.1) is 0 Å². The zero-order valence-electron chi connectivity index (χ0n) is 9.47. The lowest BCUT2D eigenvalue weighted by Crippen LogP contribution is -2.33. The summed E-state index contributed by atoms with van der Waals surface area (Å²) in [5.41, 5.74) is 1.58. The van der Waals surface area contributed by atoms with Crippen LogP contribution in [0.1, 0.15) is 12.0 Å². The molecule has 0 saturated heterocycles. The normalized spacial score (nSPS) is 13.5. The summed E-state index contributed by atoms with van der Waals surface area (Å²) < 4.78 is 5.45. The predicted molar refractivity (Wildman–Crippen MR) is 61.3 cm³/mol. The molecular weight excluding hydrogens is 222 g/mol. The number of hydrogen-bond donors (Lipinski definition) is 1. The molecule has 5 nitrogen and oxygen atoms in total. The zero-order valence-corrected chi connectivity index (χ0v) is 9.47. The lowest BCUT2D eigenvalue weighted by atomic mass is 10.1. The van der Waals surface area contributed by atoms with Crippen molar-refractivity contribution >= 4 is 17.6 Å². The van der Waals surface area contributed by atoms with Crippen LogP contribution in [0.4, 0.5) is 5.69 Å². The fourth-order valence-electron chi connectivity index (χ4n) is 1.82. The number of anilines is 1. The van der Waals surface area contributed by atoms with Crippen LogP contribution in [0.5, 0.6) is 5.75 Å². The minimum absolute atomic E-state index is 0.571. The summed E-state index contributed by atoms with van der Waals surface area (Å²) in [5.74, 6) is -1.58. The van der Waals surface area contributed by atoms with E-state index in [9.17, 15) is 9.59 Å². The molecule has 0 bridgehead atoms. The van der Waals surface area contributed by atoms with Crippen molar-refractivity contribution in [3.8, 4) is 5.75 Å². The number of hydrogen-bond acceptors (Lipinski definition) is 3. The molecule has 1 aromatic rings. The Kier molecular flexibility index (Phi) is 2.99. The van der Waals surface area contributed by atoms with Crippen molar-refractivity contribution in [3.05, 3.63) is 23.8 Å². The topological polar surface area (TPSA) is 66.8 Å². The van der Waals surface area contributed by atoms with E-state index in [0.29, 0.717) is 12.3 Å². The fourth-order valence-corrected chi connectivity index (χ4v) is 1.82. The first-order valence-electron chi connectivity index (χ1n) is 5.36. The van der Waals surface area contributed by atoms with E-state index in [-0.39, 0.29) is 0 Å². The summed E-state index contributed by atoms with van der Waals surface area (Å²) >= 11 is 0. The first-order chi connectivity index (χ1) is 8.09. The second-order valence-corrected chi connectivity index (χ2v) is 3.91. The van der Waals surface area contributed by atoms with Gasteiger partial charge in [-0.3, -0.25) is 4.79 Å². The standard InChI is InChI=1S/C12H13NO4/c1-13(11(14)12(15)16)9-4-5-10-8(7-9)3-2-6-17-10/h4-5,7H,2-3,6H2,1H3,(H,15,16). The maximum atomic E-state index is 11.3. The van der Waals surface area contributed by atoms with Crippen LogP contribution in [0.25, 0.3) is 0 Å². The van der Waals surface area contributed by atoms with Crippen molar-refractivity contribution < 1.29 is 19.4 Å². The van der Waals surface area contributed by atoms with Crippen LogP contribution in [0.2, 0.25) is 0 Å². The van der Waals surface area contributed by atoms with Crippen LogP contribution in [0.3, 0.4) is 0 Å². The summed E-state index contributed by atoms with van der Waals surface area (Å²) in [5, 5.41) is 8.64. The van der Waals surface area contributed by atoms with E-state index in [2.05, 4.69) is 0 Å². The molecule has 5 heteroatoms. The Morgan fingerprint density at radius 2 is 2.18 bits per heavy atom. The Balaban J connectivity index is 2.27. The maximum absolute atomic E-state index is 11.3. The molecular formula is C12H13NO4. The Bertz CT molecular complexity index is 470. The molecule has 0 unspecified atom stereocenters. The number of amides is 1. The van der Waals surface area contributed by atoms with Crippen LogP contribution in [-0.4, -0.2) is 30.6 Å². The van der Waals surface area contributed by atoms with Gasteiger partial charge in [0.2, 0.25) is 0 Å². The molecule has 0 saturated carbocycles. The first kappa shape index (κ1) is 11.4. The van der Waals surface area contributed by atoms with Crippen molar-refractivity contribution in [2.24, 2.45) is 0 Å². The third kappa shape index (κ3) is 2.22. The van der Waals surface area contributed by atoms with Gasteiger partial charge in [-0.2, -0.15) is 0 Å². The highest BCUT2D eigenvalue weighted by Gasteiger charge is 2.20. The number of aryl methyl sites for hydroxylation is 1. The third-order valence-electron chi connectivity index (χ3n) is 2.77. The van der Waals surface area contributed by atoms with Gasteiger partial charge in [0, 0.05) is 12.7 Å². The van der Waals surface area contributed by atoms with Crippen LogP contribution in [-0.2, 0) is 16.0 Å². The summed E-state index contributed by atoms with van der Waals surface area (Å²) in [6.07, 6.45) is 1.82. The van der Waals surface area contributed by atoms with Gasteiger partial charge in [0.1, 0.15) is 5.75 Å². The van der Waals surface area contributed by atoms with E-state index in [1.165, 1.54) is 7.05 Å². The molecule has 1 aromatic carbocycles. The van der Waals surface area contributed by atoms with Gasteiger partial charge in [-0.25, -0.2) is 4.79 Å². The molecule has 1 amide bonds. The molecule has 0 aliphatic carbocycles. The van der Waals surface area contributed by atoms with Crippen LogP contribution >= 0.6 is 0 Å². The number of nitrogens with zero attached hydrogens (tertiary/aromatic N) is 1. The monoisotopic (exact) mass is 235 g/mol. The van der Waals surface area contributed by atoms with E-state index >= 15 is 0 Å².